The van der Waals surface area contributed by atoms with Crippen molar-refractivity contribution in [2.24, 2.45) is 0 Å². The van der Waals surface area contributed by atoms with E-state index in [2.05, 4.69) is 12.2 Å². The number of aromatic amines is 1. The minimum atomic E-state index is -1.86. The zero-order valence-corrected chi connectivity index (χ0v) is 9.73. The Morgan fingerprint density at radius 2 is 2.28 bits per heavy atom. The number of hydrogen-bond acceptors (Lipinski definition) is 5. The highest BCUT2D eigenvalue weighted by atomic mass is 32.1. The Bertz CT molecular complexity index is 560. The maximum atomic E-state index is 13.5. The van der Waals surface area contributed by atoms with Gasteiger partial charge in [0.1, 0.15) is 16.8 Å². The Morgan fingerprint density at radius 1 is 1.61 bits per heavy atom. The lowest BCUT2D eigenvalue weighted by Crippen LogP contribution is -2.34. The van der Waals surface area contributed by atoms with E-state index in [-0.39, 0.29) is 4.64 Å². The second-order valence-electron chi connectivity index (χ2n) is 3.83. The van der Waals surface area contributed by atoms with Crippen molar-refractivity contribution in [2.75, 3.05) is 6.61 Å². The molecule has 0 saturated carbocycles. The molecule has 0 amide bonds. The molecule has 1 fully saturated rings. The van der Waals surface area contributed by atoms with E-state index in [4.69, 9.17) is 9.84 Å². The standard InChI is InChI=1S/C9H10F2N2O4S/c10-3-1-13(9(16)12-7(3)18)8-6(15)5(11)4(2-14)17-8/h1,4-6,8,14-15H,2H2,(H,12,16,18). The Balaban J connectivity index is 2.42. The SMILES string of the molecule is O=c1[nH]c(=S)c(F)cn1C1OC(CO)C(F)C1O. The van der Waals surface area contributed by atoms with Crippen molar-refractivity contribution in [3.05, 3.63) is 27.1 Å². The van der Waals surface area contributed by atoms with Crippen LogP contribution in [0.2, 0.25) is 0 Å². The summed E-state index contributed by atoms with van der Waals surface area (Å²) in [5.74, 6) is -0.900. The lowest BCUT2D eigenvalue weighted by Gasteiger charge is -2.16. The quantitative estimate of drug-likeness (QED) is 0.644. The highest BCUT2D eigenvalue weighted by Gasteiger charge is 2.45. The highest BCUT2D eigenvalue weighted by Crippen LogP contribution is 2.30. The summed E-state index contributed by atoms with van der Waals surface area (Å²) in [6.07, 6.45) is -5.49. The van der Waals surface area contributed by atoms with Gasteiger partial charge in [-0.3, -0.25) is 9.55 Å². The number of nitrogens with one attached hydrogen (secondary N) is 1. The molecule has 0 aliphatic carbocycles. The van der Waals surface area contributed by atoms with Crippen LogP contribution >= 0.6 is 12.2 Å². The van der Waals surface area contributed by atoms with Gasteiger partial charge >= 0.3 is 5.69 Å². The number of aromatic nitrogens is 2. The molecule has 0 aromatic carbocycles. The van der Waals surface area contributed by atoms with Crippen molar-refractivity contribution < 1.29 is 23.7 Å². The van der Waals surface area contributed by atoms with Gasteiger partial charge in [-0.1, -0.05) is 12.2 Å². The molecule has 2 heterocycles. The van der Waals surface area contributed by atoms with Crippen molar-refractivity contribution in [1.82, 2.24) is 9.55 Å². The molecule has 1 aromatic heterocycles. The van der Waals surface area contributed by atoms with E-state index in [1.165, 1.54) is 0 Å². The molecule has 0 radical (unpaired) electrons. The molecule has 0 spiro atoms. The lowest BCUT2D eigenvalue weighted by molar-refractivity contribution is -0.0541. The second kappa shape index (κ2) is 4.84. The highest BCUT2D eigenvalue weighted by molar-refractivity contribution is 7.71. The molecule has 1 aromatic rings. The Morgan fingerprint density at radius 3 is 2.83 bits per heavy atom. The van der Waals surface area contributed by atoms with Crippen LogP contribution < -0.4 is 5.69 Å². The van der Waals surface area contributed by atoms with Crippen LogP contribution in [-0.2, 0) is 4.74 Å². The van der Waals surface area contributed by atoms with E-state index >= 15 is 0 Å². The average Bonchev–Trinajstić information content (AvgIpc) is 2.61. The smallest absolute Gasteiger partial charge is 0.328 e. The molecule has 4 atom stereocenters. The van der Waals surface area contributed by atoms with Crippen LogP contribution in [0.4, 0.5) is 8.78 Å². The van der Waals surface area contributed by atoms with Crippen LogP contribution in [0.3, 0.4) is 0 Å². The summed E-state index contributed by atoms with van der Waals surface area (Å²) < 4.78 is 31.9. The predicted octanol–water partition coefficient (Wildman–Crippen LogP) is -0.366. The molecular formula is C9H10F2N2O4S. The van der Waals surface area contributed by atoms with E-state index in [0.717, 1.165) is 6.20 Å². The molecule has 2 rings (SSSR count). The Kier molecular flexibility index (Phi) is 3.57. The summed E-state index contributed by atoms with van der Waals surface area (Å²) >= 11 is 4.51. The van der Waals surface area contributed by atoms with E-state index in [1.54, 1.807) is 0 Å². The monoisotopic (exact) mass is 280 g/mol. The Hall–Kier alpha value is -1.16. The molecule has 9 heteroatoms. The van der Waals surface area contributed by atoms with Crippen LogP contribution in [0, 0.1) is 10.5 Å². The van der Waals surface area contributed by atoms with Gasteiger partial charge in [0.2, 0.25) is 0 Å². The molecule has 18 heavy (non-hydrogen) atoms. The molecule has 3 N–H and O–H groups in total. The van der Waals surface area contributed by atoms with Gasteiger partial charge in [0, 0.05) is 0 Å². The van der Waals surface area contributed by atoms with Gasteiger partial charge in [0.25, 0.3) is 0 Å². The maximum Gasteiger partial charge on any atom is 0.328 e. The van der Waals surface area contributed by atoms with Gasteiger partial charge in [-0.2, -0.15) is 0 Å². The number of nitrogens with zero attached hydrogens (tertiary/aromatic N) is 1. The van der Waals surface area contributed by atoms with E-state index in [1.807, 2.05) is 4.98 Å². The first-order valence-electron chi connectivity index (χ1n) is 5.05. The van der Waals surface area contributed by atoms with Gasteiger partial charge in [-0.25, -0.2) is 13.6 Å². The van der Waals surface area contributed by atoms with Crippen molar-refractivity contribution in [2.45, 2.75) is 24.6 Å². The normalized spacial score (nSPS) is 31.8. The van der Waals surface area contributed by atoms with Crippen molar-refractivity contribution in [1.29, 1.82) is 0 Å². The third-order valence-corrected chi connectivity index (χ3v) is 2.96. The summed E-state index contributed by atoms with van der Waals surface area (Å²) in [7, 11) is 0. The summed E-state index contributed by atoms with van der Waals surface area (Å²) in [6.45, 7) is -0.658. The number of aliphatic hydroxyl groups is 2. The Labute approximate surface area is 104 Å². The fourth-order valence-electron chi connectivity index (χ4n) is 1.74. The molecule has 100 valence electrons. The zero-order chi connectivity index (χ0) is 13.4. The summed E-state index contributed by atoms with van der Waals surface area (Å²) in [5.41, 5.74) is -0.837. The van der Waals surface area contributed by atoms with Crippen molar-refractivity contribution in [3.8, 4) is 0 Å². The second-order valence-corrected chi connectivity index (χ2v) is 4.23. The fraction of sp³-hybridized carbons (Fsp3) is 0.556. The molecular weight excluding hydrogens is 270 g/mol. The van der Waals surface area contributed by atoms with Crippen LogP contribution in [0.1, 0.15) is 6.23 Å². The molecule has 6 nitrogen and oxygen atoms in total. The van der Waals surface area contributed by atoms with Crippen molar-refractivity contribution >= 4 is 12.2 Å². The third-order valence-electron chi connectivity index (χ3n) is 2.67. The number of hydrogen-bond donors (Lipinski definition) is 3. The fourth-order valence-corrected chi connectivity index (χ4v) is 1.88. The number of halogens is 2. The first kappa shape index (κ1) is 13.3. The third kappa shape index (κ3) is 2.09. The van der Waals surface area contributed by atoms with Crippen LogP contribution in [-0.4, -0.2) is 44.8 Å². The van der Waals surface area contributed by atoms with Gasteiger partial charge in [-0.15, -0.1) is 0 Å². The molecule has 0 bridgehead atoms. The van der Waals surface area contributed by atoms with Gasteiger partial charge in [0.15, 0.2) is 18.2 Å². The van der Waals surface area contributed by atoms with Crippen LogP contribution in [0.5, 0.6) is 0 Å². The van der Waals surface area contributed by atoms with Crippen molar-refractivity contribution in [3.63, 3.8) is 0 Å². The number of aliphatic hydroxyl groups excluding tert-OH is 2. The zero-order valence-electron chi connectivity index (χ0n) is 8.92. The minimum Gasteiger partial charge on any atom is -0.394 e. The number of ether oxygens (including phenoxy) is 1. The average molecular weight is 280 g/mol. The topological polar surface area (TPSA) is 87.5 Å². The summed E-state index contributed by atoms with van der Waals surface area (Å²) in [4.78, 5) is 13.5. The lowest BCUT2D eigenvalue weighted by atomic mass is 10.1. The molecule has 1 saturated heterocycles. The minimum absolute atomic E-state index is 0.390. The van der Waals surface area contributed by atoms with Crippen LogP contribution in [0.25, 0.3) is 0 Å². The van der Waals surface area contributed by atoms with E-state index in [9.17, 15) is 18.7 Å². The van der Waals surface area contributed by atoms with Crippen LogP contribution in [0.15, 0.2) is 11.0 Å². The molecule has 4 unspecified atom stereocenters. The van der Waals surface area contributed by atoms with E-state index in [0.29, 0.717) is 4.57 Å². The first-order chi connectivity index (χ1) is 8.45. The number of alkyl halides is 1. The number of rotatable bonds is 2. The van der Waals surface area contributed by atoms with Gasteiger partial charge < -0.3 is 14.9 Å². The summed E-state index contributed by atoms with van der Waals surface area (Å²) in [5, 5.41) is 18.4. The predicted molar refractivity (Wildman–Crippen MR) is 57.7 cm³/mol. The number of H-pyrrole nitrogens is 1. The first-order valence-corrected chi connectivity index (χ1v) is 5.46. The summed E-state index contributed by atoms with van der Waals surface area (Å²) in [6, 6.07) is 0. The van der Waals surface area contributed by atoms with E-state index < -0.39 is 42.7 Å². The van der Waals surface area contributed by atoms with Gasteiger partial charge in [-0.05, 0) is 0 Å². The molecule has 1 aliphatic heterocycles. The molecule has 1 aliphatic rings. The maximum absolute atomic E-state index is 13.5. The van der Waals surface area contributed by atoms with Gasteiger partial charge in [0.05, 0.1) is 12.8 Å². The largest absolute Gasteiger partial charge is 0.394 e.